The second kappa shape index (κ2) is 10.9. The quantitative estimate of drug-likeness (QED) is 0.510. The number of rotatable bonds is 9. The number of nitrogens with one attached hydrogen (secondary N) is 2. The third-order valence-corrected chi connectivity index (χ3v) is 4.87. The maximum atomic E-state index is 5.92. The summed E-state index contributed by atoms with van der Waals surface area (Å²) >= 11 is 1.68. The molecule has 0 bridgehead atoms. The van der Waals surface area contributed by atoms with E-state index in [1.165, 1.54) is 0 Å². The van der Waals surface area contributed by atoms with Crippen molar-refractivity contribution >= 4 is 17.3 Å². The zero-order valence-electron chi connectivity index (χ0n) is 17.0. The molecule has 0 unspecified atom stereocenters. The van der Waals surface area contributed by atoms with Crippen molar-refractivity contribution in [3.8, 4) is 5.75 Å². The van der Waals surface area contributed by atoms with Crippen LogP contribution in [0.2, 0.25) is 0 Å². The number of aliphatic imine (C=N–C) groups is 1. The Morgan fingerprint density at radius 1 is 1.22 bits per heavy atom. The van der Waals surface area contributed by atoms with Crippen molar-refractivity contribution < 1.29 is 4.74 Å². The average Bonchev–Trinajstić information content (AvgIpc) is 3.12. The van der Waals surface area contributed by atoms with Gasteiger partial charge in [0.1, 0.15) is 17.4 Å². The van der Waals surface area contributed by atoms with Gasteiger partial charge >= 0.3 is 0 Å². The lowest BCUT2D eigenvalue weighted by Crippen LogP contribution is -2.36. The highest BCUT2D eigenvalue weighted by Crippen LogP contribution is 2.18. The van der Waals surface area contributed by atoms with Crippen molar-refractivity contribution in [2.24, 2.45) is 4.99 Å². The predicted molar refractivity (Wildman–Crippen MR) is 114 cm³/mol. The number of hydrogen-bond donors (Lipinski definition) is 2. The smallest absolute Gasteiger partial charge is 0.191 e. The summed E-state index contributed by atoms with van der Waals surface area (Å²) < 4.78 is 5.92. The topological polar surface area (TPSA) is 61.8 Å². The summed E-state index contributed by atoms with van der Waals surface area (Å²) in [5, 5.41) is 9.86. The standard InChI is InChI=1S/C20H31N5OS/c1-15(2)17-14-27-19(24-17)13-23-20(21-3)22-12-16-8-6-7-9-18(16)26-11-10-25(4)5/h6-9,14-15H,10-13H2,1-5H3,(H2,21,22,23). The van der Waals surface area contributed by atoms with Gasteiger partial charge in [0.15, 0.2) is 5.96 Å². The van der Waals surface area contributed by atoms with Crippen LogP contribution in [0.15, 0.2) is 34.6 Å². The van der Waals surface area contributed by atoms with Crippen LogP contribution in [0.5, 0.6) is 5.75 Å². The van der Waals surface area contributed by atoms with Crippen LogP contribution in [0, 0.1) is 0 Å². The number of benzene rings is 1. The van der Waals surface area contributed by atoms with Crippen LogP contribution in [0.3, 0.4) is 0 Å². The second-order valence-corrected chi connectivity index (χ2v) is 7.80. The van der Waals surface area contributed by atoms with Crippen LogP contribution in [-0.4, -0.2) is 50.1 Å². The third kappa shape index (κ3) is 7.19. The van der Waals surface area contributed by atoms with E-state index in [4.69, 9.17) is 4.74 Å². The van der Waals surface area contributed by atoms with E-state index >= 15 is 0 Å². The Morgan fingerprint density at radius 2 is 1.96 bits per heavy atom. The lowest BCUT2D eigenvalue weighted by molar-refractivity contribution is 0.259. The van der Waals surface area contributed by atoms with Gasteiger partial charge in [-0.25, -0.2) is 4.98 Å². The molecule has 0 saturated carbocycles. The molecule has 0 spiro atoms. The molecule has 0 aliphatic heterocycles. The Labute approximate surface area is 166 Å². The molecule has 0 aliphatic carbocycles. The fourth-order valence-electron chi connectivity index (χ4n) is 2.36. The molecule has 148 valence electrons. The van der Waals surface area contributed by atoms with Crippen LogP contribution in [0.25, 0.3) is 0 Å². The second-order valence-electron chi connectivity index (χ2n) is 6.86. The summed E-state index contributed by atoms with van der Waals surface area (Å²) in [6.07, 6.45) is 0. The van der Waals surface area contributed by atoms with E-state index in [1.807, 2.05) is 32.3 Å². The maximum Gasteiger partial charge on any atom is 0.191 e. The molecule has 0 amide bonds. The molecule has 1 aromatic heterocycles. The molecule has 0 fully saturated rings. The number of aromatic nitrogens is 1. The minimum Gasteiger partial charge on any atom is -0.492 e. The largest absolute Gasteiger partial charge is 0.492 e. The van der Waals surface area contributed by atoms with Gasteiger partial charge in [-0.05, 0) is 26.1 Å². The number of likely N-dealkylation sites (N-methyl/N-ethyl adjacent to an activating group) is 1. The number of thiazole rings is 1. The van der Waals surface area contributed by atoms with Gasteiger partial charge in [-0.3, -0.25) is 4.99 Å². The van der Waals surface area contributed by atoms with Crippen LogP contribution >= 0.6 is 11.3 Å². The molecule has 0 atom stereocenters. The predicted octanol–water partition coefficient (Wildman–Crippen LogP) is 3.07. The summed E-state index contributed by atoms with van der Waals surface area (Å²) in [4.78, 5) is 11.1. The van der Waals surface area contributed by atoms with Gasteiger partial charge in [-0.15, -0.1) is 11.3 Å². The van der Waals surface area contributed by atoms with Gasteiger partial charge in [0, 0.05) is 31.1 Å². The van der Waals surface area contributed by atoms with Gasteiger partial charge in [-0.2, -0.15) is 0 Å². The van der Waals surface area contributed by atoms with Crippen molar-refractivity contribution in [1.29, 1.82) is 0 Å². The van der Waals surface area contributed by atoms with Crippen LogP contribution < -0.4 is 15.4 Å². The molecule has 6 nitrogen and oxygen atoms in total. The van der Waals surface area contributed by atoms with E-state index < -0.39 is 0 Å². The van der Waals surface area contributed by atoms with Crippen molar-refractivity contribution in [2.45, 2.75) is 32.9 Å². The van der Waals surface area contributed by atoms with Gasteiger partial charge in [0.05, 0.1) is 12.2 Å². The van der Waals surface area contributed by atoms with E-state index in [1.54, 1.807) is 18.4 Å². The molecule has 27 heavy (non-hydrogen) atoms. The summed E-state index contributed by atoms with van der Waals surface area (Å²) in [5.74, 6) is 2.11. The van der Waals surface area contributed by atoms with E-state index in [2.05, 4.69) is 50.8 Å². The molecule has 2 N–H and O–H groups in total. The Morgan fingerprint density at radius 3 is 2.63 bits per heavy atom. The van der Waals surface area contributed by atoms with E-state index in [0.717, 1.165) is 34.5 Å². The van der Waals surface area contributed by atoms with Crippen molar-refractivity contribution in [2.75, 3.05) is 34.3 Å². The Bertz CT molecular complexity index is 727. The molecule has 7 heteroatoms. The highest BCUT2D eigenvalue weighted by Gasteiger charge is 2.08. The normalized spacial score (nSPS) is 11.9. The highest BCUT2D eigenvalue weighted by molar-refractivity contribution is 7.09. The van der Waals surface area contributed by atoms with Crippen LogP contribution in [0.4, 0.5) is 0 Å². The molecule has 1 aromatic carbocycles. The monoisotopic (exact) mass is 389 g/mol. The van der Waals surface area contributed by atoms with Crippen molar-refractivity contribution in [1.82, 2.24) is 20.5 Å². The SMILES string of the molecule is CN=C(NCc1nc(C(C)C)cs1)NCc1ccccc1OCCN(C)C. The summed E-state index contributed by atoms with van der Waals surface area (Å²) in [7, 11) is 5.86. The fraction of sp³-hybridized carbons (Fsp3) is 0.500. The lowest BCUT2D eigenvalue weighted by atomic mass is 10.2. The molecular formula is C20H31N5OS. The number of guanidine groups is 1. The first-order valence-corrected chi connectivity index (χ1v) is 10.1. The first-order valence-electron chi connectivity index (χ1n) is 9.23. The third-order valence-electron chi connectivity index (χ3n) is 4.01. The minimum atomic E-state index is 0.455. The molecule has 0 aliphatic rings. The van der Waals surface area contributed by atoms with E-state index in [9.17, 15) is 0 Å². The first-order chi connectivity index (χ1) is 13.0. The molecular weight excluding hydrogens is 358 g/mol. The average molecular weight is 390 g/mol. The molecule has 2 rings (SSSR count). The fourth-order valence-corrected chi connectivity index (χ4v) is 3.25. The van der Waals surface area contributed by atoms with Gasteiger partial charge < -0.3 is 20.3 Å². The van der Waals surface area contributed by atoms with Crippen LogP contribution in [0.1, 0.15) is 36.0 Å². The minimum absolute atomic E-state index is 0.455. The number of hydrogen-bond acceptors (Lipinski definition) is 5. The van der Waals surface area contributed by atoms with Gasteiger partial charge in [0.25, 0.3) is 0 Å². The zero-order valence-corrected chi connectivity index (χ0v) is 17.8. The van der Waals surface area contributed by atoms with Crippen LogP contribution in [-0.2, 0) is 13.1 Å². The lowest BCUT2D eigenvalue weighted by Gasteiger charge is -2.15. The maximum absolute atomic E-state index is 5.92. The van der Waals surface area contributed by atoms with Crippen molar-refractivity contribution in [3.05, 3.63) is 45.9 Å². The zero-order chi connectivity index (χ0) is 19.6. The number of para-hydroxylation sites is 1. The summed E-state index contributed by atoms with van der Waals surface area (Å²) in [5.41, 5.74) is 2.25. The van der Waals surface area contributed by atoms with E-state index in [0.29, 0.717) is 25.6 Å². The molecule has 0 radical (unpaired) electrons. The molecule has 1 heterocycles. The first kappa shape index (κ1) is 21.2. The Kier molecular flexibility index (Phi) is 8.54. The summed E-state index contributed by atoms with van der Waals surface area (Å²) in [6.45, 7) is 7.18. The number of ether oxygens (including phenoxy) is 1. The molecule has 2 aromatic rings. The Hall–Kier alpha value is -2.12. The Balaban J connectivity index is 1.86. The summed E-state index contributed by atoms with van der Waals surface area (Å²) in [6, 6.07) is 8.10. The highest BCUT2D eigenvalue weighted by atomic mass is 32.1. The number of nitrogens with zero attached hydrogens (tertiary/aromatic N) is 3. The van der Waals surface area contributed by atoms with Gasteiger partial charge in [-0.1, -0.05) is 32.0 Å². The molecule has 0 saturated heterocycles. The van der Waals surface area contributed by atoms with Gasteiger partial charge in [0.2, 0.25) is 0 Å². The van der Waals surface area contributed by atoms with E-state index in [-0.39, 0.29) is 0 Å². The van der Waals surface area contributed by atoms with Crippen molar-refractivity contribution in [3.63, 3.8) is 0 Å².